The summed E-state index contributed by atoms with van der Waals surface area (Å²) < 4.78 is 26.6. The standard InChI is InChI=1S/C21H42O5Si2/c1-18(2,3)27(19(4,5)6)23-14-16(25-27)17-15(13-22)24-28(26-17,20(7,8)9)21(10,11)12/h13,15-17H,14H2,1-12H3/t15-,16-,17+/m1/s1. The fraction of sp³-hybridized carbons (Fsp3) is 0.952. The molecule has 0 aromatic heterocycles. The summed E-state index contributed by atoms with van der Waals surface area (Å²) in [6.45, 7) is 26.6. The fourth-order valence-corrected chi connectivity index (χ4v) is 15.2. The van der Waals surface area contributed by atoms with Crippen molar-refractivity contribution in [2.75, 3.05) is 6.61 Å². The van der Waals surface area contributed by atoms with E-state index < -0.39 is 29.3 Å². The molecule has 0 aliphatic carbocycles. The molecular formula is C21H42O5Si2. The zero-order chi connectivity index (χ0) is 22.0. The topological polar surface area (TPSA) is 54.0 Å². The lowest BCUT2D eigenvalue weighted by molar-refractivity contribution is -0.116. The van der Waals surface area contributed by atoms with Crippen LogP contribution in [0.1, 0.15) is 83.1 Å². The molecule has 0 N–H and O–H groups in total. The summed E-state index contributed by atoms with van der Waals surface area (Å²) in [5, 5.41) is -0.552. The number of hydrogen-bond acceptors (Lipinski definition) is 5. The zero-order valence-corrected chi connectivity index (χ0v) is 22.1. The number of aldehydes is 1. The van der Waals surface area contributed by atoms with Crippen molar-refractivity contribution in [1.29, 1.82) is 0 Å². The van der Waals surface area contributed by atoms with Crippen LogP contribution in [0.4, 0.5) is 0 Å². The van der Waals surface area contributed by atoms with Crippen LogP contribution in [0.3, 0.4) is 0 Å². The van der Waals surface area contributed by atoms with Gasteiger partial charge in [0.05, 0.1) is 12.7 Å². The first kappa shape index (κ1) is 24.2. The van der Waals surface area contributed by atoms with E-state index >= 15 is 0 Å². The van der Waals surface area contributed by atoms with Crippen molar-refractivity contribution < 1.29 is 22.5 Å². The molecule has 0 saturated carbocycles. The maximum Gasteiger partial charge on any atom is 0.350 e. The van der Waals surface area contributed by atoms with E-state index in [1.165, 1.54) is 0 Å². The number of rotatable bonds is 2. The van der Waals surface area contributed by atoms with Crippen LogP contribution in [0.5, 0.6) is 0 Å². The second kappa shape index (κ2) is 6.99. The van der Waals surface area contributed by atoms with E-state index in [0.717, 1.165) is 6.29 Å². The molecule has 0 aromatic rings. The molecule has 3 atom stereocenters. The highest BCUT2D eigenvalue weighted by Crippen LogP contribution is 2.59. The lowest BCUT2D eigenvalue weighted by atomic mass is 10.1. The summed E-state index contributed by atoms with van der Waals surface area (Å²) in [6.07, 6.45) is -0.403. The van der Waals surface area contributed by atoms with Crippen LogP contribution in [0.25, 0.3) is 0 Å². The van der Waals surface area contributed by atoms with E-state index in [0.29, 0.717) is 6.61 Å². The van der Waals surface area contributed by atoms with Gasteiger partial charge in [-0.3, -0.25) is 0 Å². The molecule has 0 unspecified atom stereocenters. The zero-order valence-electron chi connectivity index (χ0n) is 20.1. The second-order valence-electron chi connectivity index (χ2n) is 12.5. The SMILES string of the molecule is CC(C)(C)[Si]1(C(C)(C)C)O[C@H]([C@H]2CO[Si](C(C)(C)C)(C(C)(C)C)O2)[C@@H](C=O)O1. The molecule has 0 spiro atoms. The van der Waals surface area contributed by atoms with Gasteiger partial charge < -0.3 is 22.5 Å². The van der Waals surface area contributed by atoms with Crippen LogP contribution in [-0.2, 0) is 22.5 Å². The molecule has 164 valence electrons. The summed E-state index contributed by atoms with van der Waals surface area (Å²) >= 11 is 0. The third-order valence-electron chi connectivity index (χ3n) is 6.15. The van der Waals surface area contributed by atoms with E-state index in [9.17, 15) is 4.79 Å². The fourth-order valence-electron chi connectivity index (χ4n) is 5.32. The maximum atomic E-state index is 12.0. The molecule has 2 aliphatic rings. The molecule has 0 radical (unpaired) electrons. The van der Waals surface area contributed by atoms with Gasteiger partial charge in [-0.1, -0.05) is 83.1 Å². The van der Waals surface area contributed by atoms with E-state index in [1.54, 1.807) is 0 Å². The molecule has 0 amide bonds. The van der Waals surface area contributed by atoms with Gasteiger partial charge in [-0.05, 0) is 0 Å². The number of hydrogen-bond donors (Lipinski definition) is 0. The lowest BCUT2D eigenvalue weighted by Gasteiger charge is -2.46. The highest BCUT2D eigenvalue weighted by atomic mass is 28.4. The minimum atomic E-state index is -2.74. The minimum Gasteiger partial charge on any atom is -0.391 e. The third kappa shape index (κ3) is 3.60. The Morgan fingerprint density at radius 2 is 1.11 bits per heavy atom. The third-order valence-corrected chi connectivity index (χ3v) is 16.5. The first-order valence-electron chi connectivity index (χ1n) is 10.5. The van der Waals surface area contributed by atoms with Gasteiger partial charge in [-0.2, -0.15) is 0 Å². The van der Waals surface area contributed by atoms with E-state index in [2.05, 4.69) is 83.1 Å². The van der Waals surface area contributed by atoms with Crippen molar-refractivity contribution in [1.82, 2.24) is 0 Å². The molecule has 2 aliphatic heterocycles. The number of carbonyl (C=O) groups is 1. The Morgan fingerprint density at radius 1 is 0.679 bits per heavy atom. The molecule has 0 bridgehead atoms. The van der Waals surface area contributed by atoms with Crippen LogP contribution in [0.2, 0.25) is 20.2 Å². The first-order valence-corrected chi connectivity index (χ1v) is 14.1. The first-order chi connectivity index (χ1) is 12.3. The van der Waals surface area contributed by atoms with Crippen molar-refractivity contribution >= 4 is 23.4 Å². The Labute approximate surface area is 174 Å². The van der Waals surface area contributed by atoms with Crippen molar-refractivity contribution in [2.45, 2.75) is 122 Å². The Bertz CT molecular complexity index is 564. The molecule has 0 aromatic carbocycles. The van der Waals surface area contributed by atoms with Crippen LogP contribution >= 0.6 is 0 Å². The highest BCUT2D eigenvalue weighted by Gasteiger charge is 2.69. The Morgan fingerprint density at radius 3 is 1.43 bits per heavy atom. The van der Waals surface area contributed by atoms with Gasteiger partial charge >= 0.3 is 17.1 Å². The van der Waals surface area contributed by atoms with Gasteiger partial charge in [-0.25, -0.2) is 0 Å². The largest absolute Gasteiger partial charge is 0.391 e. The maximum absolute atomic E-state index is 12.0. The van der Waals surface area contributed by atoms with Gasteiger partial charge in [-0.15, -0.1) is 0 Å². The average molecular weight is 431 g/mol. The van der Waals surface area contributed by atoms with Gasteiger partial charge in [0.15, 0.2) is 0 Å². The van der Waals surface area contributed by atoms with Crippen LogP contribution < -0.4 is 0 Å². The average Bonchev–Trinajstić information content (AvgIpc) is 3.07. The van der Waals surface area contributed by atoms with E-state index in [-0.39, 0.29) is 26.3 Å². The summed E-state index contributed by atoms with van der Waals surface area (Å²) in [6, 6.07) is 0. The van der Waals surface area contributed by atoms with Crippen LogP contribution in [-0.4, -0.2) is 48.3 Å². The monoisotopic (exact) mass is 430 g/mol. The molecule has 28 heavy (non-hydrogen) atoms. The summed E-state index contributed by atoms with van der Waals surface area (Å²) in [7, 11) is -5.32. The van der Waals surface area contributed by atoms with Crippen molar-refractivity contribution in [2.24, 2.45) is 0 Å². The Kier molecular flexibility index (Phi) is 6.04. The van der Waals surface area contributed by atoms with Crippen molar-refractivity contribution in [3.05, 3.63) is 0 Å². The van der Waals surface area contributed by atoms with Crippen molar-refractivity contribution in [3.63, 3.8) is 0 Å². The van der Waals surface area contributed by atoms with Gasteiger partial charge in [0, 0.05) is 20.2 Å². The molecule has 2 saturated heterocycles. The van der Waals surface area contributed by atoms with E-state index in [1.807, 2.05) is 0 Å². The molecule has 2 rings (SSSR count). The minimum absolute atomic E-state index is 0.0985. The molecule has 5 nitrogen and oxygen atoms in total. The summed E-state index contributed by atoms with van der Waals surface area (Å²) in [5.74, 6) is 0. The van der Waals surface area contributed by atoms with Gasteiger partial charge in [0.25, 0.3) is 0 Å². The van der Waals surface area contributed by atoms with Gasteiger partial charge in [0.2, 0.25) is 0 Å². The van der Waals surface area contributed by atoms with Crippen molar-refractivity contribution in [3.8, 4) is 0 Å². The molecular weight excluding hydrogens is 388 g/mol. The van der Waals surface area contributed by atoms with E-state index in [4.69, 9.17) is 17.7 Å². The predicted molar refractivity (Wildman–Crippen MR) is 117 cm³/mol. The predicted octanol–water partition coefficient (Wildman–Crippen LogP) is 5.47. The Hall–Kier alpha value is -0.0562. The molecule has 2 fully saturated rings. The Balaban J connectivity index is 2.42. The van der Waals surface area contributed by atoms with Gasteiger partial charge in [0.1, 0.15) is 18.5 Å². The summed E-state index contributed by atoms with van der Waals surface area (Å²) in [5.41, 5.74) is 0. The van der Waals surface area contributed by atoms with Crippen LogP contribution in [0.15, 0.2) is 0 Å². The summed E-state index contributed by atoms with van der Waals surface area (Å²) in [4.78, 5) is 12.0. The second-order valence-corrected chi connectivity index (χ2v) is 22.0. The number of carbonyl (C=O) groups excluding carboxylic acids is 1. The molecule has 2 heterocycles. The highest BCUT2D eigenvalue weighted by molar-refractivity contribution is 6.74. The smallest absolute Gasteiger partial charge is 0.350 e. The quantitative estimate of drug-likeness (QED) is 0.429. The van der Waals surface area contributed by atoms with Crippen LogP contribution in [0, 0.1) is 0 Å². The normalized spacial score (nSPS) is 31.2. The molecule has 7 heteroatoms. The lowest BCUT2D eigenvalue weighted by Crippen LogP contribution is -2.56.